The third kappa shape index (κ3) is 2.66. The number of benzene rings is 1. The van der Waals surface area contributed by atoms with E-state index in [4.69, 9.17) is 4.74 Å². The van der Waals surface area contributed by atoms with E-state index < -0.39 is 17.2 Å². The Morgan fingerprint density at radius 1 is 1.43 bits per heavy atom. The van der Waals surface area contributed by atoms with Gasteiger partial charge in [0.05, 0.1) is 19.3 Å². The number of rotatable bonds is 4. The summed E-state index contributed by atoms with van der Waals surface area (Å²) in [7, 11) is 0. The molecule has 1 aromatic heterocycles. The van der Waals surface area contributed by atoms with Crippen molar-refractivity contribution in [1.82, 2.24) is 14.8 Å². The second-order valence-electron chi connectivity index (χ2n) is 5.17. The lowest BCUT2D eigenvalue weighted by molar-refractivity contribution is -0.0766. The Hall–Kier alpha value is -1.86. The van der Waals surface area contributed by atoms with E-state index in [0.29, 0.717) is 12.8 Å². The molecule has 1 fully saturated rings. The molecule has 1 saturated heterocycles. The SMILES string of the molecule is OC[C@@H]1CC[C@](Cn2cncn2)(c2ccc(F)cc2F)O1. The molecule has 0 unspecified atom stereocenters. The maximum absolute atomic E-state index is 14.2. The van der Waals surface area contributed by atoms with Gasteiger partial charge in [0.1, 0.15) is 29.9 Å². The molecule has 3 rings (SSSR count). The predicted octanol–water partition coefficient (Wildman–Crippen LogP) is 1.62. The monoisotopic (exact) mass is 295 g/mol. The molecule has 1 aliphatic heterocycles. The van der Waals surface area contributed by atoms with Gasteiger partial charge >= 0.3 is 0 Å². The van der Waals surface area contributed by atoms with Crippen molar-refractivity contribution in [1.29, 1.82) is 0 Å². The summed E-state index contributed by atoms with van der Waals surface area (Å²) in [4.78, 5) is 3.86. The molecule has 0 aliphatic carbocycles. The Balaban J connectivity index is 1.99. The van der Waals surface area contributed by atoms with Crippen LogP contribution in [0.15, 0.2) is 30.9 Å². The lowest BCUT2D eigenvalue weighted by atomic mass is 9.90. The van der Waals surface area contributed by atoms with Gasteiger partial charge in [-0.05, 0) is 18.9 Å². The lowest BCUT2D eigenvalue weighted by Gasteiger charge is -2.30. The molecule has 0 amide bonds. The van der Waals surface area contributed by atoms with E-state index in [0.717, 1.165) is 6.07 Å². The van der Waals surface area contributed by atoms with Gasteiger partial charge in [-0.3, -0.25) is 0 Å². The highest BCUT2D eigenvalue weighted by Gasteiger charge is 2.44. The molecule has 1 aliphatic rings. The normalized spacial score (nSPS) is 25.4. The van der Waals surface area contributed by atoms with E-state index in [1.54, 1.807) is 4.68 Å². The second-order valence-corrected chi connectivity index (χ2v) is 5.17. The zero-order chi connectivity index (χ0) is 14.9. The first-order chi connectivity index (χ1) is 10.1. The first kappa shape index (κ1) is 14.1. The molecule has 2 aromatic rings. The van der Waals surface area contributed by atoms with E-state index in [9.17, 15) is 13.9 Å². The number of aromatic nitrogens is 3. The van der Waals surface area contributed by atoms with Crippen LogP contribution in [0.25, 0.3) is 0 Å². The standard InChI is InChI=1S/C14H15F2N3O2/c15-10-1-2-12(13(16)5-10)14(4-3-11(6-20)21-14)7-19-9-17-8-18-19/h1-2,5,8-9,11,20H,3-4,6-7H2/t11-,14-/m0/s1. The van der Waals surface area contributed by atoms with Crippen LogP contribution in [0, 0.1) is 11.6 Å². The maximum atomic E-state index is 14.2. The summed E-state index contributed by atoms with van der Waals surface area (Å²) in [5.74, 6) is -1.29. The fraction of sp³-hybridized carbons (Fsp3) is 0.429. The summed E-state index contributed by atoms with van der Waals surface area (Å²) in [6.07, 6.45) is 3.65. The Morgan fingerprint density at radius 2 is 2.29 bits per heavy atom. The molecule has 0 radical (unpaired) electrons. The van der Waals surface area contributed by atoms with E-state index >= 15 is 0 Å². The highest BCUT2D eigenvalue weighted by atomic mass is 19.1. The van der Waals surface area contributed by atoms with Gasteiger partial charge in [0.15, 0.2) is 0 Å². The first-order valence-electron chi connectivity index (χ1n) is 6.69. The minimum Gasteiger partial charge on any atom is -0.394 e. The summed E-state index contributed by atoms with van der Waals surface area (Å²) in [6, 6.07) is 3.44. The molecule has 0 spiro atoms. The summed E-state index contributed by atoms with van der Waals surface area (Å²) in [5, 5.41) is 13.3. The van der Waals surface area contributed by atoms with Crippen molar-refractivity contribution in [3.63, 3.8) is 0 Å². The molecule has 0 bridgehead atoms. The molecule has 5 nitrogen and oxygen atoms in total. The number of aliphatic hydroxyl groups is 1. The molecule has 7 heteroatoms. The molecular weight excluding hydrogens is 280 g/mol. The smallest absolute Gasteiger partial charge is 0.137 e. The van der Waals surface area contributed by atoms with Crippen molar-refractivity contribution in [2.24, 2.45) is 0 Å². The number of hydrogen-bond donors (Lipinski definition) is 1. The van der Waals surface area contributed by atoms with Gasteiger partial charge in [0, 0.05) is 11.6 Å². The van der Waals surface area contributed by atoms with Crippen LogP contribution >= 0.6 is 0 Å². The zero-order valence-electron chi connectivity index (χ0n) is 11.2. The molecule has 2 heterocycles. The predicted molar refractivity (Wildman–Crippen MR) is 69.3 cm³/mol. The van der Waals surface area contributed by atoms with Gasteiger partial charge in [0.25, 0.3) is 0 Å². The Bertz CT molecular complexity index is 621. The van der Waals surface area contributed by atoms with Gasteiger partial charge in [0.2, 0.25) is 0 Å². The van der Waals surface area contributed by atoms with E-state index in [-0.39, 0.29) is 24.8 Å². The van der Waals surface area contributed by atoms with Crippen LogP contribution in [0.5, 0.6) is 0 Å². The van der Waals surface area contributed by atoms with Crippen LogP contribution in [0.3, 0.4) is 0 Å². The van der Waals surface area contributed by atoms with Gasteiger partial charge in [-0.25, -0.2) is 18.4 Å². The number of halogens is 2. The molecule has 21 heavy (non-hydrogen) atoms. The highest BCUT2D eigenvalue weighted by Crippen LogP contribution is 2.41. The number of aliphatic hydroxyl groups excluding tert-OH is 1. The number of ether oxygens (including phenoxy) is 1. The lowest BCUT2D eigenvalue weighted by Crippen LogP contribution is -2.34. The molecule has 2 atom stereocenters. The van der Waals surface area contributed by atoms with Crippen molar-refractivity contribution in [3.05, 3.63) is 48.1 Å². The van der Waals surface area contributed by atoms with Crippen LogP contribution in [-0.4, -0.2) is 32.6 Å². The van der Waals surface area contributed by atoms with Crippen LogP contribution in [0.1, 0.15) is 18.4 Å². The zero-order valence-corrected chi connectivity index (χ0v) is 11.2. The number of hydrogen-bond acceptors (Lipinski definition) is 4. The molecule has 112 valence electrons. The van der Waals surface area contributed by atoms with Crippen molar-refractivity contribution in [3.8, 4) is 0 Å². The number of nitrogens with zero attached hydrogens (tertiary/aromatic N) is 3. The summed E-state index contributed by atoms with van der Waals surface area (Å²) < 4.78 is 34.7. The topological polar surface area (TPSA) is 60.2 Å². The van der Waals surface area contributed by atoms with Crippen molar-refractivity contribution >= 4 is 0 Å². The van der Waals surface area contributed by atoms with Crippen LogP contribution < -0.4 is 0 Å². The third-order valence-electron chi connectivity index (χ3n) is 3.77. The molecule has 0 saturated carbocycles. The fourth-order valence-electron chi connectivity index (χ4n) is 2.79. The minimum absolute atomic E-state index is 0.137. The van der Waals surface area contributed by atoms with E-state index in [1.165, 1.54) is 24.8 Å². The average molecular weight is 295 g/mol. The summed E-state index contributed by atoms with van der Waals surface area (Å²) >= 11 is 0. The third-order valence-corrected chi connectivity index (χ3v) is 3.77. The Labute approximate surface area is 120 Å². The van der Waals surface area contributed by atoms with Crippen molar-refractivity contribution in [2.75, 3.05) is 6.61 Å². The average Bonchev–Trinajstić information content (AvgIpc) is 3.09. The van der Waals surface area contributed by atoms with Crippen molar-refractivity contribution in [2.45, 2.75) is 31.1 Å². The molecular formula is C14H15F2N3O2. The Morgan fingerprint density at radius 3 is 2.90 bits per heavy atom. The van der Waals surface area contributed by atoms with E-state index in [1.807, 2.05) is 0 Å². The van der Waals surface area contributed by atoms with Crippen molar-refractivity contribution < 1.29 is 18.6 Å². The first-order valence-corrected chi connectivity index (χ1v) is 6.69. The minimum atomic E-state index is -0.973. The van der Waals surface area contributed by atoms with Gasteiger partial charge in [-0.1, -0.05) is 6.07 Å². The van der Waals surface area contributed by atoms with E-state index in [2.05, 4.69) is 10.1 Å². The fourth-order valence-corrected chi connectivity index (χ4v) is 2.79. The van der Waals surface area contributed by atoms with Crippen LogP contribution in [0.4, 0.5) is 8.78 Å². The largest absolute Gasteiger partial charge is 0.394 e. The maximum Gasteiger partial charge on any atom is 0.137 e. The Kier molecular flexibility index (Phi) is 3.69. The summed E-state index contributed by atoms with van der Waals surface area (Å²) in [5.41, 5.74) is -0.700. The van der Waals surface area contributed by atoms with Gasteiger partial charge in [-0.2, -0.15) is 5.10 Å². The van der Waals surface area contributed by atoms with Gasteiger partial charge < -0.3 is 9.84 Å². The van der Waals surface area contributed by atoms with Gasteiger partial charge in [-0.15, -0.1) is 0 Å². The summed E-state index contributed by atoms with van der Waals surface area (Å²) in [6.45, 7) is 0.119. The molecule has 1 N–H and O–H groups in total. The van der Waals surface area contributed by atoms with Crippen LogP contribution in [0.2, 0.25) is 0 Å². The quantitative estimate of drug-likeness (QED) is 0.931. The highest BCUT2D eigenvalue weighted by molar-refractivity contribution is 5.26. The molecule has 1 aromatic carbocycles. The second kappa shape index (κ2) is 5.50. The van der Waals surface area contributed by atoms with Crippen LogP contribution in [-0.2, 0) is 16.9 Å².